The molecule has 4 rings (SSSR count). The number of piperidine rings is 1. The lowest BCUT2D eigenvalue weighted by Gasteiger charge is -2.23. The van der Waals surface area contributed by atoms with Gasteiger partial charge >= 0.3 is 0 Å². The van der Waals surface area contributed by atoms with E-state index in [2.05, 4.69) is 25.9 Å². The van der Waals surface area contributed by atoms with Gasteiger partial charge in [-0.1, -0.05) is 11.3 Å². The Morgan fingerprint density at radius 2 is 2.15 bits per heavy atom. The summed E-state index contributed by atoms with van der Waals surface area (Å²) in [6.45, 7) is 3.68. The van der Waals surface area contributed by atoms with E-state index in [1.807, 2.05) is 37.3 Å². The van der Waals surface area contributed by atoms with Crippen molar-refractivity contribution in [1.29, 1.82) is 0 Å². The Kier molecular flexibility index (Phi) is 7.12. The Bertz CT molecular complexity index is 923. The van der Waals surface area contributed by atoms with Crippen LogP contribution in [0.25, 0.3) is 16.6 Å². The number of hydrogen-bond acceptors (Lipinski definition) is 5. The molecule has 0 saturated carbocycles. The molecule has 3 aromatic rings. The number of carbonyl (C=O) groups is 1. The second-order valence-corrected chi connectivity index (χ2v) is 6.33. The highest BCUT2D eigenvalue weighted by Crippen LogP contribution is 2.18. The van der Waals surface area contributed by atoms with Gasteiger partial charge in [-0.05, 0) is 50.6 Å². The summed E-state index contributed by atoms with van der Waals surface area (Å²) in [4.78, 5) is 16.8. The van der Waals surface area contributed by atoms with Gasteiger partial charge in [-0.15, -0.1) is 29.9 Å². The molecular formula is C18H22Cl2N6O. The minimum absolute atomic E-state index is 0. The molecule has 0 bridgehead atoms. The van der Waals surface area contributed by atoms with Crippen molar-refractivity contribution in [2.75, 3.05) is 13.1 Å². The lowest BCUT2D eigenvalue weighted by Crippen LogP contribution is -2.45. The van der Waals surface area contributed by atoms with Gasteiger partial charge in [0, 0.05) is 24.2 Å². The van der Waals surface area contributed by atoms with Crippen molar-refractivity contribution in [2.45, 2.75) is 25.8 Å². The molecule has 2 aromatic heterocycles. The summed E-state index contributed by atoms with van der Waals surface area (Å²) in [6.07, 6.45) is 3.83. The predicted octanol–water partition coefficient (Wildman–Crippen LogP) is 2.45. The summed E-state index contributed by atoms with van der Waals surface area (Å²) in [5.74, 6) is -0.167. The molecule has 1 amide bonds. The monoisotopic (exact) mass is 408 g/mol. The number of pyridine rings is 1. The molecule has 2 N–H and O–H groups in total. The molecule has 1 aromatic carbocycles. The van der Waals surface area contributed by atoms with Gasteiger partial charge < -0.3 is 10.6 Å². The normalized spacial score (nSPS) is 16.3. The Morgan fingerprint density at radius 3 is 2.93 bits per heavy atom. The largest absolute Gasteiger partial charge is 0.347 e. The molecule has 0 radical (unpaired) electrons. The van der Waals surface area contributed by atoms with Crippen LogP contribution in [0.5, 0.6) is 0 Å². The maximum absolute atomic E-state index is 12.5. The second-order valence-electron chi connectivity index (χ2n) is 6.33. The average Bonchev–Trinajstić information content (AvgIpc) is 3.04. The van der Waals surface area contributed by atoms with E-state index in [1.54, 1.807) is 10.9 Å². The van der Waals surface area contributed by atoms with Crippen LogP contribution in [-0.4, -0.2) is 45.0 Å². The Balaban J connectivity index is 0.00000131. The number of rotatable bonds is 3. The molecule has 9 heteroatoms. The lowest BCUT2D eigenvalue weighted by atomic mass is 10.1. The zero-order chi connectivity index (χ0) is 17.2. The van der Waals surface area contributed by atoms with Gasteiger partial charge in [0.1, 0.15) is 0 Å². The molecule has 1 saturated heterocycles. The predicted molar refractivity (Wildman–Crippen MR) is 109 cm³/mol. The molecule has 0 aliphatic carbocycles. The summed E-state index contributed by atoms with van der Waals surface area (Å²) in [5, 5.41) is 15.6. The van der Waals surface area contributed by atoms with Crippen LogP contribution in [0, 0.1) is 6.92 Å². The van der Waals surface area contributed by atoms with E-state index in [4.69, 9.17) is 0 Å². The van der Waals surface area contributed by atoms with Gasteiger partial charge in [0.25, 0.3) is 5.91 Å². The molecule has 1 unspecified atom stereocenters. The van der Waals surface area contributed by atoms with E-state index in [9.17, 15) is 4.79 Å². The highest BCUT2D eigenvalue weighted by molar-refractivity contribution is 5.93. The summed E-state index contributed by atoms with van der Waals surface area (Å²) < 4.78 is 1.69. The van der Waals surface area contributed by atoms with E-state index < -0.39 is 0 Å². The van der Waals surface area contributed by atoms with E-state index in [0.717, 1.165) is 48.2 Å². The number of nitrogens with one attached hydrogen (secondary N) is 2. The van der Waals surface area contributed by atoms with Gasteiger partial charge in [-0.2, -0.15) is 0 Å². The molecule has 144 valence electrons. The molecule has 1 aliphatic heterocycles. The number of hydrogen-bond donors (Lipinski definition) is 2. The van der Waals surface area contributed by atoms with Crippen molar-refractivity contribution in [3.05, 3.63) is 47.9 Å². The number of halogens is 2. The SMILES string of the molecule is Cc1c(C(=O)NC2CCCNC2)nnn1-c1ccc2ncccc2c1.Cl.Cl. The molecule has 7 nitrogen and oxygen atoms in total. The van der Waals surface area contributed by atoms with Crippen molar-refractivity contribution in [2.24, 2.45) is 0 Å². The van der Waals surface area contributed by atoms with Gasteiger partial charge in [-0.25, -0.2) is 4.68 Å². The van der Waals surface area contributed by atoms with Gasteiger partial charge in [-0.3, -0.25) is 9.78 Å². The number of aromatic nitrogens is 4. The fraction of sp³-hybridized carbons (Fsp3) is 0.333. The van der Waals surface area contributed by atoms with Crippen molar-refractivity contribution in [3.8, 4) is 5.69 Å². The van der Waals surface area contributed by atoms with Crippen LogP contribution < -0.4 is 10.6 Å². The quantitative estimate of drug-likeness (QED) is 0.694. The average molecular weight is 409 g/mol. The van der Waals surface area contributed by atoms with Crippen LogP contribution >= 0.6 is 24.8 Å². The molecular weight excluding hydrogens is 387 g/mol. The fourth-order valence-electron chi connectivity index (χ4n) is 3.21. The number of carbonyl (C=O) groups excluding carboxylic acids is 1. The number of benzene rings is 1. The van der Waals surface area contributed by atoms with Crippen LogP contribution in [0.4, 0.5) is 0 Å². The molecule has 1 atom stereocenters. The molecule has 0 spiro atoms. The van der Waals surface area contributed by atoms with E-state index >= 15 is 0 Å². The summed E-state index contributed by atoms with van der Waals surface area (Å²) >= 11 is 0. The summed E-state index contributed by atoms with van der Waals surface area (Å²) in [5.41, 5.74) is 2.89. The van der Waals surface area contributed by atoms with Crippen molar-refractivity contribution in [1.82, 2.24) is 30.6 Å². The first-order valence-electron chi connectivity index (χ1n) is 8.51. The zero-order valence-electron chi connectivity index (χ0n) is 14.9. The maximum Gasteiger partial charge on any atom is 0.274 e. The smallest absolute Gasteiger partial charge is 0.274 e. The minimum Gasteiger partial charge on any atom is -0.347 e. The second kappa shape index (κ2) is 9.12. The number of nitrogens with zero attached hydrogens (tertiary/aromatic N) is 4. The van der Waals surface area contributed by atoms with Gasteiger partial charge in [0.05, 0.1) is 16.9 Å². The summed E-state index contributed by atoms with van der Waals surface area (Å²) in [7, 11) is 0. The molecule has 3 heterocycles. The van der Waals surface area contributed by atoms with Crippen molar-refractivity contribution >= 4 is 41.6 Å². The third-order valence-corrected chi connectivity index (χ3v) is 4.57. The van der Waals surface area contributed by atoms with Crippen LogP contribution in [-0.2, 0) is 0 Å². The first kappa shape index (κ1) is 21.1. The van der Waals surface area contributed by atoms with E-state index in [-0.39, 0.29) is 36.8 Å². The van der Waals surface area contributed by atoms with E-state index in [0.29, 0.717) is 5.69 Å². The number of fused-ring (bicyclic) bond motifs is 1. The molecule has 27 heavy (non-hydrogen) atoms. The third-order valence-electron chi connectivity index (χ3n) is 4.57. The maximum atomic E-state index is 12.5. The highest BCUT2D eigenvalue weighted by Gasteiger charge is 2.21. The standard InChI is InChI=1S/C18H20N6O.2ClH/c1-12-17(18(25)21-14-5-3-8-19-11-14)22-23-24(12)15-6-7-16-13(10-15)4-2-9-20-16;;/h2,4,6-7,9-10,14,19H,3,5,8,11H2,1H3,(H,21,25);2*1H. The van der Waals surface area contributed by atoms with Gasteiger partial charge in [0.15, 0.2) is 5.69 Å². The van der Waals surface area contributed by atoms with E-state index in [1.165, 1.54) is 0 Å². The fourth-order valence-corrected chi connectivity index (χ4v) is 3.21. The Labute approximate surface area is 169 Å². The lowest BCUT2D eigenvalue weighted by molar-refractivity contribution is 0.0925. The Hall–Kier alpha value is -2.22. The van der Waals surface area contributed by atoms with Crippen LogP contribution in [0.3, 0.4) is 0 Å². The first-order valence-corrected chi connectivity index (χ1v) is 8.51. The van der Waals surface area contributed by atoms with Crippen molar-refractivity contribution < 1.29 is 4.79 Å². The molecule has 1 aliphatic rings. The zero-order valence-corrected chi connectivity index (χ0v) is 16.5. The molecule has 1 fully saturated rings. The summed E-state index contributed by atoms with van der Waals surface area (Å²) in [6, 6.07) is 9.93. The van der Waals surface area contributed by atoms with Crippen LogP contribution in [0.1, 0.15) is 29.0 Å². The minimum atomic E-state index is -0.167. The number of amides is 1. The van der Waals surface area contributed by atoms with Crippen LogP contribution in [0.2, 0.25) is 0 Å². The third kappa shape index (κ3) is 4.37. The van der Waals surface area contributed by atoms with Crippen molar-refractivity contribution in [3.63, 3.8) is 0 Å². The topological polar surface area (TPSA) is 84.7 Å². The first-order chi connectivity index (χ1) is 12.2. The highest BCUT2D eigenvalue weighted by atomic mass is 35.5. The Morgan fingerprint density at radius 1 is 1.30 bits per heavy atom. The van der Waals surface area contributed by atoms with Crippen LogP contribution in [0.15, 0.2) is 36.5 Å². The van der Waals surface area contributed by atoms with Gasteiger partial charge in [0.2, 0.25) is 0 Å².